The molecule has 0 radical (unpaired) electrons. The van der Waals surface area contributed by atoms with Crippen LogP contribution in [0.5, 0.6) is 0 Å². The third-order valence-corrected chi connectivity index (χ3v) is 8.02. The summed E-state index contributed by atoms with van der Waals surface area (Å²) in [5.74, 6) is -0.0746. The van der Waals surface area contributed by atoms with Gasteiger partial charge in [0.15, 0.2) is 6.23 Å². The van der Waals surface area contributed by atoms with Crippen molar-refractivity contribution in [1.29, 1.82) is 0 Å². The zero-order valence-corrected chi connectivity index (χ0v) is 19.4. The Bertz CT molecular complexity index is 861. The van der Waals surface area contributed by atoms with Crippen LogP contribution < -0.4 is 0 Å². The van der Waals surface area contributed by atoms with E-state index in [2.05, 4.69) is 4.90 Å². The van der Waals surface area contributed by atoms with Crippen LogP contribution in [0.15, 0.2) is 30.3 Å². The lowest BCUT2D eigenvalue weighted by molar-refractivity contribution is -0.151. The SMILES string of the molecule is C[C@H]1C(=O)N2C(CN1C(=O)OCc1ccccc1)OC[C@@H]2CCCN1CCC2(CC2)[C@H](O)C1. The fourth-order valence-corrected chi connectivity index (χ4v) is 5.59. The molecular formula is C25H35N3O5. The van der Waals surface area contributed by atoms with Crippen LogP contribution >= 0.6 is 0 Å². The van der Waals surface area contributed by atoms with E-state index in [-0.39, 0.29) is 30.1 Å². The van der Waals surface area contributed by atoms with Crippen molar-refractivity contribution in [1.82, 2.24) is 14.7 Å². The first kappa shape index (κ1) is 22.6. The van der Waals surface area contributed by atoms with Gasteiger partial charge in [-0.05, 0) is 63.1 Å². The van der Waals surface area contributed by atoms with Crippen LogP contribution in [0.2, 0.25) is 0 Å². The maximum atomic E-state index is 13.1. The first-order valence-electron chi connectivity index (χ1n) is 12.3. The Morgan fingerprint density at radius 3 is 2.73 bits per heavy atom. The van der Waals surface area contributed by atoms with Crippen molar-refractivity contribution < 1.29 is 24.2 Å². The molecule has 8 heteroatoms. The molecule has 1 aromatic carbocycles. The second-order valence-corrected chi connectivity index (χ2v) is 10.1. The lowest BCUT2D eigenvalue weighted by Crippen LogP contribution is -2.62. The Hall–Kier alpha value is -2.16. The number of carbonyl (C=O) groups excluding carboxylic acids is 2. The van der Waals surface area contributed by atoms with Crippen LogP contribution in [-0.2, 0) is 20.9 Å². The number of piperazine rings is 1. The number of nitrogens with zero attached hydrogens (tertiary/aromatic N) is 3. The van der Waals surface area contributed by atoms with Gasteiger partial charge in [0.1, 0.15) is 12.6 Å². The summed E-state index contributed by atoms with van der Waals surface area (Å²) in [6.45, 7) is 5.54. The van der Waals surface area contributed by atoms with Gasteiger partial charge in [-0.1, -0.05) is 30.3 Å². The Morgan fingerprint density at radius 2 is 2.00 bits per heavy atom. The molecular weight excluding hydrogens is 422 g/mol. The van der Waals surface area contributed by atoms with Gasteiger partial charge in [0.25, 0.3) is 0 Å². The molecule has 4 atom stereocenters. The highest BCUT2D eigenvalue weighted by molar-refractivity contribution is 5.87. The van der Waals surface area contributed by atoms with Crippen molar-refractivity contribution in [2.24, 2.45) is 5.41 Å². The highest BCUT2D eigenvalue weighted by Gasteiger charge is 2.51. The van der Waals surface area contributed by atoms with Gasteiger partial charge in [-0.15, -0.1) is 0 Å². The number of ether oxygens (including phenoxy) is 2. The first-order valence-corrected chi connectivity index (χ1v) is 12.3. The van der Waals surface area contributed by atoms with E-state index in [4.69, 9.17) is 9.47 Å². The van der Waals surface area contributed by atoms with Crippen molar-refractivity contribution in [3.8, 4) is 0 Å². The molecule has 0 aromatic heterocycles. The summed E-state index contributed by atoms with van der Waals surface area (Å²) < 4.78 is 11.4. The van der Waals surface area contributed by atoms with Crippen LogP contribution in [0, 0.1) is 5.41 Å². The van der Waals surface area contributed by atoms with Crippen LogP contribution in [0.1, 0.15) is 44.6 Å². The van der Waals surface area contributed by atoms with Crippen molar-refractivity contribution in [2.45, 2.75) is 70.1 Å². The normalized spacial score (nSPS) is 31.0. The van der Waals surface area contributed by atoms with Gasteiger partial charge in [0, 0.05) is 6.54 Å². The van der Waals surface area contributed by atoms with Crippen molar-refractivity contribution in [3.63, 3.8) is 0 Å². The van der Waals surface area contributed by atoms with Crippen molar-refractivity contribution in [2.75, 3.05) is 32.8 Å². The number of piperidine rings is 1. The Balaban J connectivity index is 1.10. The zero-order chi connectivity index (χ0) is 23.0. The number of fused-ring (bicyclic) bond motifs is 1. The van der Waals surface area contributed by atoms with Gasteiger partial charge in [-0.2, -0.15) is 0 Å². The summed E-state index contributed by atoms with van der Waals surface area (Å²) in [6, 6.07) is 8.99. The summed E-state index contributed by atoms with van der Waals surface area (Å²) in [5, 5.41) is 10.4. The molecule has 1 aliphatic carbocycles. The molecule has 4 fully saturated rings. The third kappa shape index (κ3) is 4.61. The number of aliphatic hydroxyl groups is 1. The molecule has 1 spiro atoms. The Kier molecular flexibility index (Phi) is 6.33. The number of amides is 2. The average Bonchev–Trinajstić information content (AvgIpc) is 3.50. The lowest BCUT2D eigenvalue weighted by atomic mass is 9.90. The molecule has 1 saturated carbocycles. The fourth-order valence-electron chi connectivity index (χ4n) is 5.59. The molecule has 33 heavy (non-hydrogen) atoms. The van der Waals surface area contributed by atoms with E-state index >= 15 is 0 Å². The van der Waals surface area contributed by atoms with E-state index < -0.39 is 18.4 Å². The van der Waals surface area contributed by atoms with Crippen LogP contribution in [0.25, 0.3) is 0 Å². The standard InChI is InChI=1S/C25H35N3O5/c1-18-23(30)28-20(8-5-12-26-13-11-25(9-10-25)21(29)14-26)17-32-22(28)15-27(18)24(31)33-16-19-6-3-2-4-7-19/h2-4,6-7,18,20-22,29H,5,8-17H2,1H3/t18-,20-,21+,22?/m0/s1. The van der Waals surface area contributed by atoms with E-state index in [1.165, 1.54) is 17.7 Å². The number of likely N-dealkylation sites (tertiary alicyclic amines) is 1. The number of hydrogen-bond acceptors (Lipinski definition) is 6. The minimum atomic E-state index is -0.569. The van der Waals surface area contributed by atoms with Gasteiger partial charge in [0.2, 0.25) is 5.91 Å². The molecule has 3 saturated heterocycles. The monoisotopic (exact) mass is 457 g/mol. The molecule has 8 nitrogen and oxygen atoms in total. The topological polar surface area (TPSA) is 82.6 Å². The summed E-state index contributed by atoms with van der Waals surface area (Å²) >= 11 is 0. The van der Waals surface area contributed by atoms with Crippen LogP contribution in [-0.4, -0.2) is 89.0 Å². The van der Waals surface area contributed by atoms with E-state index in [0.29, 0.717) is 13.2 Å². The van der Waals surface area contributed by atoms with E-state index in [1.54, 1.807) is 6.92 Å². The maximum Gasteiger partial charge on any atom is 0.410 e. The highest BCUT2D eigenvalue weighted by atomic mass is 16.6. The fraction of sp³-hybridized carbons (Fsp3) is 0.680. The largest absolute Gasteiger partial charge is 0.445 e. The quantitative estimate of drug-likeness (QED) is 0.705. The molecule has 5 rings (SSSR count). The van der Waals surface area contributed by atoms with Gasteiger partial charge in [-0.25, -0.2) is 4.79 Å². The predicted molar refractivity (Wildman–Crippen MR) is 121 cm³/mol. The van der Waals surface area contributed by atoms with Gasteiger partial charge in [-0.3, -0.25) is 9.69 Å². The van der Waals surface area contributed by atoms with E-state index in [0.717, 1.165) is 44.5 Å². The van der Waals surface area contributed by atoms with Gasteiger partial charge < -0.3 is 24.4 Å². The molecule has 1 aromatic rings. The second kappa shape index (κ2) is 9.24. The minimum absolute atomic E-state index is 0.0388. The van der Waals surface area contributed by atoms with Gasteiger partial charge >= 0.3 is 6.09 Å². The van der Waals surface area contributed by atoms with Crippen molar-refractivity contribution >= 4 is 12.0 Å². The summed E-state index contributed by atoms with van der Waals surface area (Å²) in [7, 11) is 0. The first-order chi connectivity index (χ1) is 16.0. The number of benzene rings is 1. The Morgan fingerprint density at radius 1 is 1.21 bits per heavy atom. The molecule has 2 amide bonds. The van der Waals surface area contributed by atoms with Gasteiger partial charge in [0.05, 0.1) is 25.3 Å². The molecule has 0 bridgehead atoms. The predicted octanol–water partition coefficient (Wildman–Crippen LogP) is 2.21. The second-order valence-electron chi connectivity index (χ2n) is 10.1. The molecule has 3 heterocycles. The number of β-amino-alcohol motifs (C(OH)–C–C–N with tert-alkyl or cyclic N) is 1. The molecule has 3 aliphatic heterocycles. The average molecular weight is 458 g/mol. The molecule has 4 aliphatic rings. The maximum absolute atomic E-state index is 13.1. The Labute approximate surface area is 195 Å². The molecule has 1 unspecified atom stereocenters. The van der Waals surface area contributed by atoms with E-state index in [9.17, 15) is 14.7 Å². The summed E-state index contributed by atoms with van der Waals surface area (Å²) in [5.41, 5.74) is 1.14. The number of carbonyl (C=O) groups is 2. The lowest BCUT2D eigenvalue weighted by Gasteiger charge is -2.41. The minimum Gasteiger partial charge on any atom is -0.445 e. The van der Waals surface area contributed by atoms with Crippen LogP contribution in [0.3, 0.4) is 0 Å². The van der Waals surface area contributed by atoms with Crippen molar-refractivity contribution in [3.05, 3.63) is 35.9 Å². The summed E-state index contributed by atoms with van der Waals surface area (Å²) in [6.07, 6.45) is 4.19. The third-order valence-electron chi connectivity index (χ3n) is 8.02. The zero-order valence-electron chi connectivity index (χ0n) is 19.4. The number of rotatable bonds is 6. The summed E-state index contributed by atoms with van der Waals surface area (Å²) in [4.78, 5) is 31.5. The molecule has 1 N–H and O–H groups in total. The molecule has 180 valence electrons. The van der Waals surface area contributed by atoms with Crippen LogP contribution in [0.4, 0.5) is 4.79 Å². The van der Waals surface area contributed by atoms with E-state index in [1.807, 2.05) is 35.2 Å². The number of hydrogen-bond donors (Lipinski definition) is 1. The highest BCUT2D eigenvalue weighted by Crippen LogP contribution is 2.53. The smallest absolute Gasteiger partial charge is 0.410 e. The number of aliphatic hydroxyl groups excluding tert-OH is 1.